The van der Waals surface area contributed by atoms with Gasteiger partial charge in [0, 0.05) is 5.56 Å². The highest BCUT2D eigenvalue weighted by molar-refractivity contribution is 6.12. The van der Waals surface area contributed by atoms with E-state index in [1.54, 1.807) is 25.1 Å². The predicted molar refractivity (Wildman–Crippen MR) is 81.4 cm³/mol. The molecule has 0 radical (unpaired) electrons. The number of phenolic OH excluding ortho intramolecular Hbond substituents is 1. The number of carbonyl (C=O) groups excluding carboxylic acids is 1. The largest absolute Gasteiger partial charge is 0.508 e. The van der Waals surface area contributed by atoms with Crippen molar-refractivity contribution in [1.82, 2.24) is 0 Å². The molecule has 0 amide bonds. The van der Waals surface area contributed by atoms with E-state index in [-0.39, 0.29) is 17.3 Å². The molecule has 0 fully saturated rings. The molecule has 0 atom stereocenters. The van der Waals surface area contributed by atoms with Gasteiger partial charge in [-0.15, -0.1) is 0 Å². The third kappa shape index (κ3) is 2.46. The molecular formula is C18H14O3. The summed E-state index contributed by atoms with van der Waals surface area (Å²) >= 11 is 0. The molecule has 1 aliphatic rings. The average molecular weight is 278 g/mol. The molecular weight excluding hydrogens is 264 g/mol. The van der Waals surface area contributed by atoms with Crippen LogP contribution >= 0.6 is 0 Å². The zero-order valence-corrected chi connectivity index (χ0v) is 11.5. The van der Waals surface area contributed by atoms with E-state index >= 15 is 0 Å². The summed E-state index contributed by atoms with van der Waals surface area (Å²) in [6, 6.07) is 12.9. The molecule has 104 valence electrons. The van der Waals surface area contributed by atoms with Gasteiger partial charge in [-0.25, -0.2) is 0 Å². The molecule has 1 heterocycles. The van der Waals surface area contributed by atoms with Crippen molar-refractivity contribution in [2.24, 2.45) is 0 Å². The average Bonchev–Trinajstić information content (AvgIpc) is 2.82. The summed E-state index contributed by atoms with van der Waals surface area (Å²) < 4.78 is 5.57. The molecule has 0 aliphatic carbocycles. The van der Waals surface area contributed by atoms with Crippen molar-refractivity contribution in [2.45, 2.75) is 6.92 Å². The van der Waals surface area contributed by atoms with Gasteiger partial charge >= 0.3 is 0 Å². The predicted octanol–water partition coefficient (Wildman–Crippen LogP) is 3.87. The van der Waals surface area contributed by atoms with Gasteiger partial charge in [0.2, 0.25) is 5.78 Å². The standard InChI is InChI=1S/C18H14O3/c1-12-15(19)11-10-14-17(20)16(21-18(12)14)9-5-8-13-6-3-2-4-7-13/h2-11,19H,1H3/b8-5+,16-9+. The molecule has 0 saturated heterocycles. The fourth-order valence-corrected chi connectivity index (χ4v) is 2.20. The lowest BCUT2D eigenvalue weighted by Crippen LogP contribution is -1.97. The fourth-order valence-electron chi connectivity index (χ4n) is 2.20. The Bertz CT molecular complexity index is 756. The van der Waals surface area contributed by atoms with Crippen LogP contribution in [0.3, 0.4) is 0 Å². The Morgan fingerprint density at radius 1 is 1.10 bits per heavy atom. The highest BCUT2D eigenvalue weighted by atomic mass is 16.5. The van der Waals surface area contributed by atoms with Gasteiger partial charge in [-0.05, 0) is 30.7 Å². The van der Waals surface area contributed by atoms with Gasteiger partial charge in [-0.2, -0.15) is 0 Å². The van der Waals surface area contributed by atoms with Crippen LogP contribution in [0.15, 0.2) is 60.4 Å². The smallest absolute Gasteiger partial charge is 0.231 e. The van der Waals surface area contributed by atoms with Crippen LogP contribution in [-0.2, 0) is 0 Å². The number of ketones is 1. The molecule has 3 heteroatoms. The molecule has 3 rings (SSSR count). The van der Waals surface area contributed by atoms with Gasteiger partial charge < -0.3 is 9.84 Å². The lowest BCUT2D eigenvalue weighted by Gasteiger charge is -2.03. The van der Waals surface area contributed by atoms with Crippen molar-refractivity contribution in [2.75, 3.05) is 0 Å². The SMILES string of the molecule is Cc1c(O)ccc2c1O/C(=C/C=C/c1ccccc1)C2=O. The van der Waals surface area contributed by atoms with Gasteiger partial charge in [0.15, 0.2) is 5.76 Å². The van der Waals surface area contributed by atoms with Crippen LogP contribution in [0, 0.1) is 6.92 Å². The third-order valence-corrected chi connectivity index (χ3v) is 3.39. The Balaban J connectivity index is 1.86. The Kier molecular flexibility index (Phi) is 3.32. The number of fused-ring (bicyclic) bond motifs is 1. The minimum absolute atomic E-state index is 0.127. The highest BCUT2D eigenvalue weighted by Gasteiger charge is 2.29. The van der Waals surface area contributed by atoms with Gasteiger partial charge in [0.25, 0.3) is 0 Å². The van der Waals surface area contributed by atoms with Crippen LogP contribution in [0.25, 0.3) is 6.08 Å². The Hall–Kier alpha value is -2.81. The normalized spacial score (nSPS) is 15.5. The van der Waals surface area contributed by atoms with Gasteiger partial charge in [0.05, 0.1) is 5.56 Å². The summed E-state index contributed by atoms with van der Waals surface area (Å²) in [6.45, 7) is 1.73. The molecule has 2 aromatic carbocycles. The lowest BCUT2D eigenvalue weighted by molar-refractivity contribution is 0.101. The summed E-state index contributed by atoms with van der Waals surface area (Å²) in [5.74, 6) is 0.679. The van der Waals surface area contributed by atoms with Crippen molar-refractivity contribution >= 4 is 11.9 Å². The zero-order chi connectivity index (χ0) is 14.8. The number of benzene rings is 2. The van der Waals surface area contributed by atoms with Crippen LogP contribution in [0.2, 0.25) is 0 Å². The van der Waals surface area contributed by atoms with E-state index in [4.69, 9.17) is 4.74 Å². The first kappa shape index (κ1) is 13.2. The minimum atomic E-state index is -0.161. The van der Waals surface area contributed by atoms with E-state index in [1.807, 2.05) is 36.4 Å². The number of rotatable bonds is 2. The zero-order valence-electron chi connectivity index (χ0n) is 11.5. The number of allylic oxidation sites excluding steroid dienone is 3. The van der Waals surface area contributed by atoms with Gasteiger partial charge in [0.1, 0.15) is 11.5 Å². The first-order chi connectivity index (χ1) is 10.2. The molecule has 0 aromatic heterocycles. The van der Waals surface area contributed by atoms with E-state index in [0.717, 1.165) is 5.56 Å². The number of phenols is 1. The van der Waals surface area contributed by atoms with Crippen molar-refractivity contribution in [3.8, 4) is 11.5 Å². The Labute approximate surface area is 122 Å². The Morgan fingerprint density at radius 3 is 2.62 bits per heavy atom. The van der Waals surface area contributed by atoms with Gasteiger partial charge in [-0.1, -0.05) is 42.5 Å². The van der Waals surface area contributed by atoms with Crippen molar-refractivity contribution < 1.29 is 14.6 Å². The number of ether oxygens (including phenoxy) is 1. The molecule has 0 spiro atoms. The fraction of sp³-hybridized carbons (Fsp3) is 0.0556. The van der Waals surface area contributed by atoms with E-state index in [0.29, 0.717) is 16.9 Å². The Morgan fingerprint density at radius 2 is 1.86 bits per heavy atom. The maximum atomic E-state index is 12.2. The third-order valence-electron chi connectivity index (χ3n) is 3.39. The van der Waals surface area contributed by atoms with Gasteiger partial charge in [-0.3, -0.25) is 4.79 Å². The van der Waals surface area contributed by atoms with Crippen molar-refractivity contribution in [3.63, 3.8) is 0 Å². The number of carbonyl (C=O) groups is 1. The van der Waals surface area contributed by atoms with E-state index in [1.165, 1.54) is 6.07 Å². The summed E-state index contributed by atoms with van der Waals surface area (Å²) in [4.78, 5) is 12.2. The number of aromatic hydroxyl groups is 1. The minimum Gasteiger partial charge on any atom is -0.508 e. The maximum Gasteiger partial charge on any atom is 0.231 e. The summed E-state index contributed by atoms with van der Waals surface area (Å²) in [6.07, 6.45) is 5.33. The highest BCUT2D eigenvalue weighted by Crippen LogP contribution is 2.38. The molecule has 2 aromatic rings. The second-order valence-corrected chi connectivity index (χ2v) is 4.82. The molecule has 1 aliphatic heterocycles. The monoisotopic (exact) mass is 278 g/mol. The molecule has 0 bridgehead atoms. The van der Waals surface area contributed by atoms with E-state index in [2.05, 4.69) is 0 Å². The topological polar surface area (TPSA) is 46.5 Å². The first-order valence-corrected chi connectivity index (χ1v) is 6.65. The van der Waals surface area contributed by atoms with Crippen molar-refractivity contribution in [1.29, 1.82) is 0 Å². The molecule has 3 nitrogen and oxygen atoms in total. The molecule has 21 heavy (non-hydrogen) atoms. The maximum absolute atomic E-state index is 12.2. The first-order valence-electron chi connectivity index (χ1n) is 6.65. The number of Topliss-reactive ketones (excluding diaryl/α,β-unsaturated/α-hetero) is 1. The second kappa shape index (κ2) is 5.29. The molecule has 0 saturated carbocycles. The number of hydrogen-bond donors (Lipinski definition) is 1. The second-order valence-electron chi connectivity index (χ2n) is 4.82. The van der Waals surface area contributed by atoms with Crippen LogP contribution in [0.4, 0.5) is 0 Å². The summed E-state index contributed by atoms with van der Waals surface area (Å²) in [5, 5.41) is 9.66. The van der Waals surface area contributed by atoms with Crippen LogP contribution in [0.5, 0.6) is 11.5 Å². The summed E-state index contributed by atoms with van der Waals surface area (Å²) in [5.41, 5.74) is 2.12. The van der Waals surface area contributed by atoms with Crippen LogP contribution in [0.1, 0.15) is 21.5 Å². The molecule has 0 unspecified atom stereocenters. The molecule has 1 N–H and O–H groups in total. The van der Waals surface area contributed by atoms with Crippen molar-refractivity contribution in [3.05, 3.63) is 77.1 Å². The quantitative estimate of drug-likeness (QED) is 0.848. The van der Waals surface area contributed by atoms with E-state index < -0.39 is 0 Å². The number of hydrogen-bond acceptors (Lipinski definition) is 3. The summed E-state index contributed by atoms with van der Waals surface area (Å²) in [7, 11) is 0. The van der Waals surface area contributed by atoms with Crippen LogP contribution in [-0.4, -0.2) is 10.9 Å². The lowest BCUT2D eigenvalue weighted by atomic mass is 10.1. The van der Waals surface area contributed by atoms with E-state index in [9.17, 15) is 9.90 Å². The van der Waals surface area contributed by atoms with Crippen LogP contribution < -0.4 is 4.74 Å².